The van der Waals surface area contributed by atoms with Crippen LogP contribution in [0.15, 0.2) is 24.5 Å². The Bertz CT molecular complexity index is 196. The number of rotatable bonds is 2. The van der Waals surface area contributed by atoms with Gasteiger partial charge >= 0.3 is 0 Å². The van der Waals surface area contributed by atoms with E-state index in [9.17, 15) is 4.79 Å². The molecule has 0 atom stereocenters. The van der Waals surface area contributed by atoms with Gasteiger partial charge in [0.15, 0.2) is 0 Å². The number of amides is 1. The molecule has 0 radical (unpaired) electrons. The van der Waals surface area contributed by atoms with Gasteiger partial charge in [0.05, 0.1) is 0 Å². The van der Waals surface area contributed by atoms with Crippen molar-refractivity contribution in [2.45, 2.75) is 6.54 Å². The van der Waals surface area contributed by atoms with Crippen LogP contribution < -0.4 is 18.1 Å². The topological polar surface area (TPSA) is 48.0 Å². The summed E-state index contributed by atoms with van der Waals surface area (Å²) in [4.78, 5) is 10.3. The summed E-state index contributed by atoms with van der Waals surface area (Å²) in [7, 11) is 0. The van der Waals surface area contributed by atoms with Crippen LogP contribution in [0, 0.1) is 0 Å². The van der Waals surface area contributed by atoms with Gasteiger partial charge < -0.3 is 22.7 Å². The highest BCUT2D eigenvalue weighted by atomic mass is 35.5. The maximum atomic E-state index is 10.3. The minimum Gasteiger partial charge on any atom is -1.00 e. The van der Waals surface area contributed by atoms with Crippen molar-refractivity contribution in [2.24, 2.45) is 5.73 Å². The third-order valence-corrected chi connectivity index (χ3v) is 1.00. The van der Waals surface area contributed by atoms with Gasteiger partial charge in [-0.15, -0.1) is 0 Å². The van der Waals surface area contributed by atoms with Crippen molar-refractivity contribution in [3.63, 3.8) is 0 Å². The van der Waals surface area contributed by atoms with Gasteiger partial charge in [-0.2, -0.15) is 0 Å². The van der Waals surface area contributed by atoms with Crippen molar-refractivity contribution in [1.29, 1.82) is 0 Å². The Balaban J connectivity index is 0.000000810. The molecule has 0 aliphatic rings. The molecular weight excluding hydrogens is 152 g/mol. The number of aromatic nitrogens is 1. The fraction of sp³-hybridized carbons (Fsp3) is 0.167. The Morgan fingerprint density at radius 1 is 1.40 bits per heavy atom. The minimum atomic E-state index is -0.314. The van der Waals surface area contributed by atoms with E-state index in [1.165, 1.54) is 0 Å². The Morgan fingerprint density at radius 3 is 2.30 bits per heavy atom. The van der Waals surface area contributed by atoms with Crippen LogP contribution in [0.25, 0.3) is 0 Å². The molecule has 1 aromatic rings. The van der Waals surface area contributed by atoms with Crippen molar-refractivity contribution in [3.05, 3.63) is 24.5 Å². The highest BCUT2D eigenvalue weighted by molar-refractivity contribution is 5.73. The van der Waals surface area contributed by atoms with Gasteiger partial charge in [-0.3, -0.25) is 4.79 Å². The van der Waals surface area contributed by atoms with Gasteiger partial charge in [0.1, 0.15) is 6.54 Å². The predicted octanol–water partition coefficient (Wildman–Crippen LogP) is -3.02. The van der Waals surface area contributed by atoms with E-state index in [0.717, 1.165) is 0 Å². The third kappa shape index (κ3) is 2.55. The quantitative estimate of drug-likeness (QED) is 0.491. The second-order valence-corrected chi connectivity index (χ2v) is 1.82. The molecule has 1 amide bonds. The number of carbonyl (C=O) groups is 1. The van der Waals surface area contributed by atoms with Crippen LogP contribution in [0.3, 0.4) is 0 Å². The number of primary amides is 1. The first-order chi connectivity index (χ1) is 4.29. The SMILES string of the molecule is NC(=O)Cn1cccc1.[Cl-]. The number of hydrogen-bond acceptors (Lipinski definition) is 1. The number of carbonyl (C=O) groups excluding carboxylic acids is 1. The van der Waals surface area contributed by atoms with E-state index in [2.05, 4.69) is 0 Å². The van der Waals surface area contributed by atoms with Crippen molar-refractivity contribution < 1.29 is 17.2 Å². The van der Waals surface area contributed by atoms with Gasteiger partial charge in [0.2, 0.25) is 5.91 Å². The van der Waals surface area contributed by atoms with Gasteiger partial charge in [-0.25, -0.2) is 0 Å². The van der Waals surface area contributed by atoms with Crippen LogP contribution >= 0.6 is 0 Å². The third-order valence-electron chi connectivity index (χ3n) is 1.00. The van der Waals surface area contributed by atoms with Crippen LogP contribution in [-0.2, 0) is 11.3 Å². The fourth-order valence-corrected chi connectivity index (χ4v) is 0.656. The smallest absolute Gasteiger partial charge is 0.237 e. The molecule has 0 aromatic carbocycles. The highest BCUT2D eigenvalue weighted by Crippen LogP contribution is 1.87. The van der Waals surface area contributed by atoms with Crippen LogP contribution in [0.1, 0.15) is 0 Å². The van der Waals surface area contributed by atoms with Crippen LogP contribution in [0.5, 0.6) is 0 Å². The zero-order chi connectivity index (χ0) is 6.69. The molecule has 1 heterocycles. The Hall–Kier alpha value is -0.960. The number of hydrogen-bond donors (Lipinski definition) is 1. The minimum absolute atomic E-state index is 0. The van der Waals surface area contributed by atoms with Crippen LogP contribution in [0.4, 0.5) is 0 Å². The zero-order valence-electron chi connectivity index (χ0n) is 5.33. The first-order valence-electron chi connectivity index (χ1n) is 2.68. The summed E-state index contributed by atoms with van der Waals surface area (Å²) < 4.78 is 1.72. The van der Waals surface area contributed by atoms with Crippen molar-refractivity contribution in [1.82, 2.24) is 4.57 Å². The molecular formula is C6H8ClN2O-. The summed E-state index contributed by atoms with van der Waals surface area (Å²) in [5.41, 5.74) is 4.92. The second-order valence-electron chi connectivity index (χ2n) is 1.82. The van der Waals surface area contributed by atoms with E-state index in [-0.39, 0.29) is 24.9 Å². The normalized spacial score (nSPS) is 8.40. The molecule has 4 heteroatoms. The second kappa shape index (κ2) is 3.95. The molecule has 0 unspecified atom stereocenters. The van der Waals surface area contributed by atoms with Gasteiger partial charge in [0, 0.05) is 12.4 Å². The molecule has 10 heavy (non-hydrogen) atoms. The first kappa shape index (κ1) is 9.04. The van der Waals surface area contributed by atoms with E-state index >= 15 is 0 Å². The summed E-state index contributed by atoms with van der Waals surface area (Å²) in [6, 6.07) is 3.70. The summed E-state index contributed by atoms with van der Waals surface area (Å²) in [5, 5.41) is 0. The van der Waals surface area contributed by atoms with Crippen LogP contribution in [-0.4, -0.2) is 10.5 Å². The lowest BCUT2D eigenvalue weighted by Gasteiger charge is -1.94. The largest absolute Gasteiger partial charge is 1.00 e. The number of nitrogens with two attached hydrogens (primary N) is 1. The maximum absolute atomic E-state index is 10.3. The van der Waals surface area contributed by atoms with Crippen molar-refractivity contribution in [3.8, 4) is 0 Å². The highest BCUT2D eigenvalue weighted by Gasteiger charge is 1.91. The lowest BCUT2D eigenvalue weighted by molar-refractivity contribution is -0.118. The van der Waals surface area contributed by atoms with Gasteiger partial charge in [-0.1, -0.05) is 0 Å². The first-order valence-corrected chi connectivity index (χ1v) is 2.68. The van der Waals surface area contributed by atoms with E-state index in [1.54, 1.807) is 17.0 Å². The van der Waals surface area contributed by atoms with Crippen molar-refractivity contribution >= 4 is 5.91 Å². The number of halogens is 1. The Kier molecular flexibility index (Phi) is 3.57. The standard InChI is InChI=1S/C6H8N2O.ClH/c7-6(9)5-8-3-1-2-4-8;/h1-4H,5H2,(H2,7,9);1H/p-1. The van der Waals surface area contributed by atoms with Gasteiger partial charge in [-0.05, 0) is 12.1 Å². The molecule has 0 aliphatic carbocycles. The average molecular weight is 160 g/mol. The molecule has 56 valence electrons. The molecule has 0 saturated heterocycles. The number of nitrogens with zero attached hydrogens (tertiary/aromatic N) is 1. The monoisotopic (exact) mass is 159 g/mol. The fourth-order valence-electron chi connectivity index (χ4n) is 0.656. The van der Waals surface area contributed by atoms with E-state index in [1.807, 2.05) is 12.1 Å². The Labute approximate surface area is 65.2 Å². The van der Waals surface area contributed by atoms with Crippen molar-refractivity contribution in [2.75, 3.05) is 0 Å². The summed E-state index contributed by atoms with van der Waals surface area (Å²) in [6.45, 7) is 0.271. The van der Waals surface area contributed by atoms with E-state index < -0.39 is 0 Å². The molecule has 3 nitrogen and oxygen atoms in total. The molecule has 1 aromatic heterocycles. The molecule has 1 rings (SSSR count). The van der Waals surface area contributed by atoms with E-state index in [0.29, 0.717) is 0 Å². The lowest BCUT2D eigenvalue weighted by atomic mass is 10.6. The molecule has 2 N–H and O–H groups in total. The molecule has 0 aliphatic heterocycles. The predicted molar refractivity (Wildman–Crippen MR) is 33.6 cm³/mol. The molecule has 0 saturated carbocycles. The molecule has 0 spiro atoms. The van der Waals surface area contributed by atoms with E-state index in [4.69, 9.17) is 5.73 Å². The maximum Gasteiger partial charge on any atom is 0.237 e. The summed E-state index contributed by atoms with van der Waals surface area (Å²) in [5.74, 6) is -0.314. The summed E-state index contributed by atoms with van der Waals surface area (Å²) >= 11 is 0. The Morgan fingerprint density at radius 2 is 1.90 bits per heavy atom. The molecule has 0 bridgehead atoms. The molecule has 0 fully saturated rings. The summed E-state index contributed by atoms with van der Waals surface area (Å²) in [6.07, 6.45) is 3.59. The lowest BCUT2D eigenvalue weighted by Crippen LogP contribution is -3.00. The average Bonchev–Trinajstić information content (AvgIpc) is 2.15. The zero-order valence-corrected chi connectivity index (χ0v) is 6.08. The van der Waals surface area contributed by atoms with Gasteiger partial charge in [0.25, 0.3) is 0 Å². The van der Waals surface area contributed by atoms with Crippen LogP contribution in [0.2, 0.25) is 0 Å².